The van der Waals surface area contributed by atoms with Crippen molar-refractivity contribution in [3.05, 3.63) is 22.7 Å². The third-order valence-corrected chi connectivity index (χ3v) is 3.05. The van der Waals surface area contributed by atoms with E-state index in [9.17, 15) is 18.7 Å². The molecule has 0 spiro atoms. The molecule has 0 amide bonds. The molecule has 1 aromatic rings. The van der Waals surface area contributed by atoms with Gasteiger partial charge in [0.2, 0.25) is 0 Å². The summed E-state index contributed by atoms with van der Waals surface area (Å²) in [5, 5.41) is 18.4. The molecule has 0 radical (unpaired) electrons. The summed E-state index contributed by atoms with van der Waals surface area (Å²) in [6.45, 7) is 1.79. The van der Waals surface area contributed by atoms with Gasteiger partial charge in [0.05, 0.1) is 0 Å². The van der Waals surface area contributed by atoms with Crippen molar-refractivity contribution in [1.29, 1.82) is 0 Å². The van der Waals surface area contributed by atoms with Crippen molar-refractivity contribution < 1.29 is 19.0 Å². The second-order valence-corrected chi connectivity index (χ2v) is 4.50. The Labute approximate surface area is 108 Å². The van der Waals surface area contributed by atoms with Crippen molar-refractivity contribution in [3.63, 3.8) is 0 Å². The van der Waals surface area contributed by atoms with Crippen molar-refractivity contribution in [2.75, 3.05) is 12.3 Å². The Morgan fingerprint density at radius 1 is 1.53 bits per heavy atom. The van der Waals surface area contributed by atoms with Crippen molar-refractivity contribution in [1.82, 2.24) is 9.55 Å². The zero-order valence-corrected chi connectivity index (χ0v) is 10.6. The fourth-order valence-electron chi connectivity index (χ4n) is 1.63. The molecule has 0 aliphatic carbocycles. The summed E-state index contributed by atoms with van der Waals surface area (Å²) in [6.07, 6.45) is -0.975. The molecule has 0 saturated heterocycles. The molecule has 0 aliphatic heterocycles. The van der Waals surface area contributed by atoms with Crippen LogP contribution in [0, 0.1) is 5.92 Å². The lowest BCUT2D eigenvalue weighted by Crippen LogP contribution is -2.47. The number of hydrogen-bond donors (Lipinski definition) is 3. The lowest BCUT2D eigenvalue weighted by Gasteiger charge is -2.31. The summed E-state index contributed by atoms with van der Waals surface area (Å²) in [6, 6.07) is -0.396. The van der Waals surface area contributed by atoms with Gasteiger partial charge in [-0.1, -0.05) is 6.92 Å². The first-order valence-corrected chi connectivity index (χ1v) is 5.73. The quantitative estimate of drug-likeness (QED) is 0.704. The zero-order chi connectivity index (χ0) is 14.8. The molecule has 1 heterocycles. The SMILES string of the molecule is C[C@H](CO)[C@H](O)C(F)(F)[C@@H](C)n1ccc(N)nc1=O. The van der Waals surface area contributed by atoms with Gasteiger partial charge in [-0.05, 0) is 13.0 Å². The van der Waals surface area contributed by atoms with Gasteiger partial charge < -0.3 is 15.9 Å². The number of aromatic nitrogens is 2. The van der Waals surface area contributed by atoms with Gasteiger partial charge in [0.1, 0.15) is 18.0 Å². The van der Waals surface area contributed by atoms with Crippen molar-refractivity contribution in [3.8, 4) is 0 Å². The molecule has 8 heteroatoms. The molecule has 0 unspecified atom stereocenters. The van der Waals surface area contributed by atoms with Crippen LogP contribution < -0.4 is 11.4 Å². The third-order valence-electron chi connectivity index (χ3n) is 3.05. The number of anilines is 1. The van der Waals surface area contributed by atoms with E-state index in [-0.39, 0.29) is 5.82 Å². The Morgan fingerprint density at radius 2 is 2.11 bits per heavy atom. The highest BCUT2D eigenvalue weighted by molar-refractivity contribution is 5.23. The van der Waals surface area contributed by atoms with Crippen LogP contribution in [0.1, 0.15) is 19.9 Å². The summed E-state index contributed by atoms with van der Waals surface area (Å²) in [5.74, 6) is -4.68. The minimum Gasteiger partial charge on any atom is -0.396 e. The Hall–Kier alpha value is -1.54. The predicted molar refractivity (Wildman–Crippen MR) is 64.8 cm³/mol. The van der Waals surface area contributed by atoms with Crippen molar-refractivity contribution in [2.45, 2.75) is 31.9 Å². The molecule has 1 rings (SSSR count). The van der Waals surface area contributed by atoms with Crippen LogP contribution in [0.3, 0.4) is 0 Å². The Balaban J connectivity index is 3.10. The number of nitrogens with two attached hydrogens (primary N) is 1. The lowest BCUT2D eigenvalue weighted by atomic mass is 9.95. The average Bonchev–Trinajstić information content (AvgIpc) is 2.36. The van der Waals surface area contributed by atoms with Crippen LogP contribution >= 0.6 is 0 Å². The van der Waals surface area contributed by atoms with E-state index in [0.717, 1.165) is 13.1 Å². The number of halogens is 2. The largest absolute Gasteiger partial charge is 0.396 e. The second-order valence-electron chi connectivity index (χ2n) is 4.50. The fourth-order valence-corrected chi connectivity index (χ4v) is 1.63. The molecule has 0 aromatic carbocycles. The van der Waals surface area contributed by atoms with E-state index in [1.165, 1.54) is 13.0 Å². The van der Waals surface area contributed by atoms with Gasteiger partial charge in [-0.25, -0.2) is 13.6 Å². The molecule has 4 N–H and O–H groups in total. The van der Waals surface area contributed by atoms with Crippen LogP contribution in [0.15, 0.2) is 17.1 Å². The maximum Gasteiger partial charge on any atom is 0.349 e. The van der Waals surface area contributed by atoms with Gasteiger partial charge in [0.15, 0.2) is 0 Å². The number of nitrogen functional groups attached to an aromatic ring is 1. The number of rotatable bonds is 5. The highest BCUT2D eigenvalue weighted by Crippen LogP contribution is 2.34. The van der Waals surface area contributed by atoms with Crippen molar-refractivity contribution >= 4 is 5.82 Å². The van der Waals surface area contributed by atoms with E-state index in [0.29, 0.717) is 4.57 Å². The average molecular weight is 277 g/mol. The van der Waals surface area contributed by atoms with Crippen LogP contribution in [0.2, 0.25) is 0 Å². The third kappa shape index (κ3) is 3.07. The van der Waals surface area contributed by atoms with Crippen LogP contribution in [-0.2, 0) is 0 Å². The standard InChI is InChI=1S/C11H17F2N3O3/c1-6(5-17)9(18)11(12,13)7(2)16-4-3-8(14)15-10(16)19/h3-4,6-7,9,17-18H,5H2,1-2H3,(H2,14,15,19)/t6-,7-,9+/m1/s1. The number of alkyl halides is 2. The molecule has 0 saturated carbocycles. The minimum absolute atomic E-state index is 0.0685. The molecule has 0 bridgehead atoms. The second kappa shape index (κ2) is 5.62. The number of hydrogen-bond acceptors (Lipinski definition) is 5. The predicted octanol–water partition coefficient (Wildman–Crippen LogP) is 0.0111. The number of nitrogens with zero attached hydrogens (tertiary/aromatic N) is 2. The van der Waals surface area contributed by atoms with E-state index < -0.39 is 36.3 Å². The monoisotopic (exact) mass is 277 g/mol. The summed E-state index contributed by atoms with van der Waals surface area (Å²) >= 11 is 0. The molecule has 3 atom stereocenters. The smallest absolute Gasteiger partial charge is 0.349 e. The first-order chi connectivity index (χ1) is 8.71. The molecule has 6 nitrogen and oxygen atoms in total. The van der Waals surface area contributed by atoms with Crippen LogP contribution in [0.5, 0.6) is 0 Å². The van der Waals surface area contributed by atoms with Crippen LogP contribution in [0.25, 0.3) is 0 Å². The number of aliphatic hydroxyl groups is 2. The topological polar surface area (TPSA) is 101 Å². The first-order valence-electron chi connectivity index (χ1n) is 5.73. The van der Waals surface area contributed by atoms with E-state index in [1.54, 1.807) is 0 Å². The summed E-state index contributed by atoms with van der Waals surface area (Å²) in [7, 11) is 0. The first kappa shape index (κ1) is 15.5. The zero-order valence-electron chi connectivity index (χ0n) is 10.6. The molecule has 0 fully saturated rings. The van der Waals surface area contributed by atoms with Gasteiger partial charge in [-0.15, -0.1) is 0 Å². The lowest BCUT2D eigenvalue weighted by molar-refractivity contribution is -0.161. The van der Waals surface area contributed by atoms with Crippen LogP contribution in [0.4, 0.5) is 14.6 Å². The summed E-state index contributed by atoms with van der Waals surface area (Å²) in [4.78, 5) is 14.9. The molecular weight excluding hydrogens is 260 g/mol. The molecule has 108 valence electrons. The number of aliphatic hydroxyl groups excluding tert-OH is 2. The van der Waals surface area contributed by atoms with Gasteiger partial charge in [0, 0.05) is 18.7 Å². The van der Waals surface area contributed by atoms with E-state index in [2.05, 4.69) is 4.98 Å². The Kier molecular flexibility index (Phi) is 4.59. The van der Waals surface area contributed by atoms with Gasteiger partial charge >= 0.3 is 5.69 Å². The minimum atomic E-state index is -3.59. The fraction of sp³-hybridized carbons (Fsp3) is 0.636. The van der Waals surface area contributed by atoms with Crippen molar-refractivity contribution in [2.24, 2.45) is 5.92 Å². The highest BCUT2D eigenvalue weighted by Gasteiger charge is 2.47. The van der Waals surface area contributed by atoms with Gasteiger partial charge in [-0.2, -0.15) is 4.98 Å². The van der Waals surface area contributed by atoms with Crippen LogP contribution in [-0.4, -0.2) is 38.4 Å². The van der Waals surface area contributed by atoms with E-state index in [4.69, 9.17) is 10.8 Å². The van der Waals surface area contributed by atoms with Gasteiger partial charge in [0.25, 0.3) is 5.92 Å². The Bertz CT molecular complexity index is 492. The maximum atomic E-state index is 14.0. The highest BCUT2D eigenvalue weighted by atomic mass is 19.3. The van der Waals surface area contributed by atoms with Gasteiger partial charge in [-0.3, -0.25) is 4.57 Å². The molecular formula is C11H17F2N3O3. The Morgan fingerprint density at radius 3 is 2.58 bits per heavy atom. The summed E-state index contributed by atoms with van der Waals surface area (Å²) in [5.41, 5.74) is 4.35. The van der Waals surface area contributed by atoms with E-state index >= 15 is 0 Å². The molecule has 19 heavy (non-hydrogen) atoms. The maximum absolute atomic E-state index is 14.0. The molecule has 1 aromatic heterocycles. The molecule has 0 aliphatic rings. The summed E-state index contributed by atoms with van der Waals surface area (Å²) < 4.78 is 28.8. The normalized spacial score (nSPS) is 16.9. The van der Waals surface area contributed by atoms with E-state index in [1.807, 2.05) is 0 Å².